The van der Waals surface area contributed by atoms with Gasteiger partial charge in [-0.15, -0.1) is 0 Å². The van der Waals surface area contributed by atoms with E-state index in [2.05, 4.69) is 26.0 Å². The van der Waals surface area contributed by atoms with E-state index >= 15 is 0 Å². The van der Waals surface area contributed by atoms with Crippen molar-refractivity contribution in [3.8, 4) is 16.9 Å². The molecule has 0 saturated heterocycles. The topological polar surface area (TPSA) is 9.23 Å². The first-order chi connectivity index (χ1) is 14.6. The summed E-state index contributed by atoms with van der Waals surface area (Å²) in [4.78, 5) is 0. The van der Waals surface area contributed by atoms with E-state index in [1.807, 2.05) is 12.1 Å². The predicted octanol–water partition coefficient (Wildman–Crippen LogP) is 9.18. The summed E-state index contributed by atoms with van der Waals surface area (Å²) in [6, 6.07) is 12.0. The fourth-order valence-corrected chi connectivity index (χ4v) is 4.81. The summed E-state index contributed by atoms with van der Waals surface area (Å²) in [5.74, 6) is 1.59. The van der Waals surface area contributed by atoms with Crippen LogP contribution in [-0.2, 0) is 0 Å². The highest BCUT2D eigenvalue weighted by atomic mass is 35.5. The molecular formula is C27H36ClFO. The van der Waals surface area contributed by atoms with Gasteiger partial charge in [0.25, 0.3) is 0 Å². The second-order valence-corrected chi connectivity index (χ2v) is 9.15. The second kappa shape index (κ2) is 11.7. The number of halogens is 2. The zero-order valence-electron chi connectivity index (χ0n) is 18.6. The average molecular weight is 431 g/mol. The Labute approximate surface area is 187 Å². The quantitative estimate of drug-likeness (QED) is 0.341. The van der Waals surface area contributed by atoms with E-state index in [0.29, 0.717) is 23.8 Å². The summed E-state index contributed by atoms with van der Waals surface area (Å²) in [5.41, 5.74) is 2.79. The number of unbranched alkanes of at least 4 members (excludes halogenated alkanes) is 3. The first-order valence-corrected chi connectivity index (χ1v) is 12.2. The number of rotatable bonds is 10. The first-order valence-electron chi connectivity index (χ1n) is 11.8. The number of benzene rings is 2. The lowest BCUT2D eigenvalue weighted by Gasteiger charge is -2.29. The smallest absolute Gasteiger partial charge is 0.153 e. The molecule has 3 heteroatoms. The molecule has 1 aliphatic carbocycles. The molecule has 0 spiro atoms. The highest BCUT2D eigenvalue weighted by Crippen LogP contribution is 2.39. The Hall–Kier alpha value is -1.54. The highest BCUT2D eigenvalue weighted by Gasteiger charge is 2.22. The molecule has 30 heavy (non-hydrogen) atoms. The third-order valence-electron chi connectivity index (χ3n) is 6.56. The van der Waals surface area contributed by atoms with Crippen molar-refractivity contribution in [2.45, 2.75) is 84.0 Å². The Balaban J connectivity index is 1.61. The molecule has 0 aliphatic heterocycles. The maximum Gasteiger partial charge on any atom is 0.153 e. The Bertz CT molecular complexity index is 778. The molecule has 0 aromatic heterocycles. The van der Waals surface area contributed by atoms with Crippen LogP contribution in [0.2, 0.25) is 5.02 Å². The molecule has 0 amide bonds. The highest BCUT2D eigenvalue weighted by molar-refractivity contribution is 6.32. The van der Waals surface area contributed by atoms with E-state index in [9.17, 15) is 4.39 Å². The summed E-state index contributed by atoms with van der Waals surface area (Å²) >= 11 is 6.24. The summed E-state index contributed by atoms with van der Waals surface area (Å²) in [5, 5.41) is 0.0778. The Morgan fingerprint density at radius 1 is 0.900 bits per heavy atom. The number of hydrogen-bond donors (Lipinski definition) is 0. The van der Waals surface area contributed by atoms with E-state index in [1.54, 1.807) is 12.1 Å². The minimum atomic E-state index is -0.397. The lowest BCUT2D eigenvalue weighted by Crippen LogP contribution is -2.13. The summed E-state index contributed by atoms with van der Waals surface area (Å²) in [6.07, 6.45) is 12.7. The molecule has 164 valence electrons. The molecule has 1 saturated carbocycles. The Kier molecular flexibility index (Phi) is 9.05. The molecule has 2 aromatic rings. The molecule has 0 heterocycles. The van der Waals surface area contributed by atoms with Crippen LogP contribution in [0.15, 0.2) is 36.4 Å². The fourth-order valence-electron chi connectivity index (χ4n) is 4.59. The predicted molar refractivity (Wildman–Crippen MR) is 126 cm³/mol. The molecule has 0 bridgehead atoms. The van der Waals surface area contributed by atoms with Crippen LogP contribution in [0.5, 0.6) is 5.75 Å². The molecule has 3 rings (SSSR count). The number of ether oxygens (including phenoxy) is 1. The van der Waals surface area contributed by atoms with Crippen molar-refractivity contribution in [3.05, 3.63) is 52.8 Å². The Morgan fingerprint density at radius 2 is 1.60 bits per heavy atom. The summed E-state index contributed by atoms with van der Waals surface area (Å²) < 4.78 is 20.5. The minimum Gasteiger partial charge on any atom is -0.492 e. The lowest BCUT2D eigenvalue weighted by molar-refractivity contribution is 0.303. The van der Waals surface area contributed by atoms with Gasteiger partial charge < -0.3 is 4.74 Å². The van der Waals surface area contributed by atoms with Crippen molar-refractivity contribution < 1.29 is 9.13 Å². The first kappa shape index (κ1) is 23.1. The van der Waals surface area contributed by atoms with Crippen molar-refractivity contribution in [1.82, 2.24) is 0 Å². The lowest BCUT2D eigenvalue weighted by atomic mass is 9.77. The molecule has 1 aliphatic rings. The summed E-state index contributed by atoms with van der Waals surface area (Å²) in [7, 11) is 0. The van der Waals surface area contributed by atoms with Crippen LogP contribution in [0.3, 0.4) is 0 Å². The standard InChI is InChI=1S/C27H36ClFO/c1-3-5-7-8-20-9-11-21(12-10-20)22-13-15-23(16-14-22)24-17-18-25(26(28)27(24)29)30-19-6-4-2/h13-18,20-21H,3-12,19H2,1-2H3. The number of hydrogen-bond acceptors (Lipinski definition) is 1. The minimum absolute atomic E-state index is 0.0778. The monoisotopic (exact) mass is 430 g/mol. The SMILES string of the molecule is CCCCCC1CCC(c2ccc(-c3ccc(OCCCC)c(Cl)c3F)cc2)CC1. The van der Waals surface area contributed by atoms with Crippen LogP contribution < -0.4 is 4.74 Å². The third kappa shape index (κ3) is 6.00. The van der Waals surface area contributed by atoms with Crippen molar-refractivity contribution in [1.29, 1.82) is 0 Å². The molecule has 2 aromatic carbocycles. The summed E-state index contributed by atoms with van der Waals surface area (Å²) in [6.45, 7) is 4.93. The van der Waals surface area contributed by atoms with Crippen LogP contribution in [0, 0.1) is 11.7 Å². The largest absolute Gasteiger partial charge is 0.492 e. The molecule has 0 radical (unpaired) electrons. The van der Waals surface area contributed by atoms with E-state index in [1.165, 1.54) is 56.9 Å². The van der Waals surface area contributed by atoms with Gasteiger partial charge in [-0.05, 0) is 67.2 Å². The van der Waals surface area contributed by atoms with E-state index in [-0.39, 0.29) is 5.02 Å². The van der Waals surface area contributed by atoms with Gasteiger partial charge in [-0.25, -0.2) is 4.39 Å². The van der Waals surface area contributed by atoms with Crippen LogP contribution in [0.25, 0.3) is 11.1 Å². The normalized spacial score (nSPS) is 19.1. The van der Waals surface area contributed by atoms with Gasteiger partial charge in [-0.2, -0.15) is 0 Å². The molecule has 0 atom stereocenters. The second-order valence-electron chi connectivity index (χ2n) is 8.78. The zero-order valence-corrected chi connectivity index (χ0v) is 19.3. The van der Waals surface area contributed by atoms with Gasteiger partial charge in [-0.1, -0.05) is 81.8 Å². The molecule has 0 N–H and O–H groups in total. The van der Waals surface area contributed by atoms with Gasteiger partial charge in [-0.3, -0.25) is 0 Å². The maximum atomic E-state index is 14.9. The zero-order chi connectivity index (χ0) is 21.3. The van der Waals surface area contributed by atoms with Crippen molar-refractivity contribution in [2.24, 2.45) is 5.92 Å². The van der Waals surface area contributed by atoms with Crippen LogP contribution in [0.1, 0.15) is 89.5 Å². The van der Waals surface area contributed by atoms with Crippen molar-refractivity contribution >= 4 is 11.6 Å². The molecule has 0 unspecified atom stereocenters. The van der Waals surface area contributed by atoms with Gasteiger partial charge in [0.05, 0.1) is 6.61 Å². The van der Waals surface area contributed by atoms with Gasteiger partial charge in [0, 0.05) is 5.56 Å². The third-order valence-corrected chi connectivity index (χ3v) is 6.91. The average Bonchev–Trinajstić information content (AvgIpc) is 2.78. The van der Waals surface area contributed by atoms with Crippen LogP contribution >= 0.6 is 11.6 Å². The van der Waals surface area contributed by atoms with Crippen LogP contribution in [0.4, 0.5) is 4.39 Å². The molecule has 1 fully saturated rings. The van der Waals surface area contributed by atoms with Crippen LogP contribution in [-0.4, -0.2) is 6.61 Å². The van der Waals surface area contributed by atoms with Gasteiger partial charge in [0.15, 0.2) is 5.82 Å². The van der Waals surface area contributed by atoms with E-state index < -0.39 is 5.82 Å². The van der Waals surface area contributed by atoms with E-state index in [0.717, 1.165) is 24.3 Å². The van der Waals surface area contributed by atoms with Gasteiger partial charge >= 0.3 is 0 Å². The van der Waals surface area contributed by atoms with Gasteiger partial charge in [0.1, 0.15) is 10.8 Å². The van der Waals surface area contributed by atoms with E-state index in [4.69, 9.17) is 16.3 Å². The van der Waals surface area contributed by atoms with Crippen molar-refractivity contribution in [3.63, 3.8) is 0 Å². The van der Waals surface area contributed by atoms with Crippen molar-refractivity contribution in [2.75, 3.05) is 6.61 Å². The van der Waals surface area contributed by atoms with Gasteiger partial charge in [0.2, 0.25) is 0 Å². The fraction of sp³-hybridized carbons (Fsp3) is 0.556. The molecular weight excluding hydrogens is 395 g/mol. The molecule has 1 nitrogen and oxygen atoms in total. The Morgan fingerprint density at radius 3 is 2.27 bits per heavy atom. The maximum absolute atomic E-state index is 14.9.